The Morgan fingerprint density at radius 1 is 0.643 bits per heavy atom. The molecular weight excluding hydrogens is 358 g/mol. The minimum absolute atomic E-state index is 0.132. The quantitative estimate of drug-likeness (QED) is 0.260. The summed E-state index contributed by atoms with van der Waals surface area (Å²) < 4.78 is 5.25. The molecule has 0 radical (unpaired) electrons. The first-order valence-electron chi connectivity index (χ1n) is 9.60. The molecule has 6 aromatic rings. The second-order valence-corrected chi connectivity index (χ2v) is 9.39. The molecule has 0 saturated heterocycles. The van der Waals surface area contributed by atoms with E-state index in [1.54, 1.807) is 0 Å². The summed E-state index contributed by atoms with van der Waals surface area (Å²) in [6.45, 7) is 0. The van der Waals surface area contributed by atoms with Crippen LogP contribution in [-0.2, 0) is 13.3 Å². The Bertz CT molecular complexity index is 1530. The van der Waals surface area contributed by atoms with Gasteiger partial charge in [0.05, 0.1) is 0 Å². The molecule has 0 fully saturated rings. The topological polar surface area (TPSA) is 4.93 Å². The second-order valence-electron chi connectivity index (χ2n) is 7.49. The van der Waals surface area contributed by atoms with Crippen LogP contribution in [-0.4, -0.2) is 4.57 Å². The van der Waals surface area contributed by atoms with Crippen molar-refractivity contribution in [3.05, 3.63) is 84.9 Å². The number of rotatable bonds is 1. The molecule has 1 unspecified atom stereocenters. The van der Waals surface area contributed by atoms with Crippen LogP contribution >= 0.6 is 10.5 Å². The number of para-hydroxylation sites is 1. The van der Waals surface area contributed by atoms with Gasteiger partial charge in [-0.15, -0.1) is 0 Å². The van der Waals surface area contributed by atoms with Crippen molar-refractivity contribution in [3.63, 3.8) is 0 Å². The molecule has 0 saturated carbocycles. The normalized spacial score (nSPS) is 12.6. The molecule has 134 valence electrons. The van der Waals surface area contributed by atoms with Crippen LogP contribution in [0.2, 0.25) is 0 Å². The fourth-order valence-electron chi connectivity index (χ4n) is 4.69. The van der Waals surface area contributed by atoms with Crippen LogP contribution < -0.4 is 0 Å². The van der Waals surface area contributed by atoms with Crippen LogP contribution in [0.3, 0.4) is 0 Å². The lowest BCUT2D eigenvalue weighted by atomic mass is 9.98. The maximum absolute atomic E-state index is 2.43. The van der Waals surface area contributed by atoms with Gasteiger partial charge in [-0.1, -0.05) is 48.5 Å². The zero-order valence-corrected chi connectivity index (χ0v) is 16.8. The highest BCUT2D eigenvalue weighted by molar-refractivity contribution is 7.41. The maximum atomic E-state index is 2.43. The molecule has 0 amide bonds. The Kier molecular flexibility index (Phi) is 3.24. The summed E-state index contributed by atoms with van der Waals surface area (Å²) in [6, 6.07) is 31.3. The van der Waals surface area contributed by atoms with Crippen molar-refractivity contribution in [3.8, 4) is 11.1 Å². The predicted octanol–water partition coefficient (Wildman–Crippen LogP) is 7.59. The fraction of sp³-hybridized carbons (Fsp3) is 0.0769. The number of aryl methyl sites for hydroxylation is 2. The van der Waals surface area contributed by atoms with Gasteiger partial charge in [-0.25, -0.2) is 0 Å². The van der Waals surface area contributed by atoms with Gasteiger partial charge in [-0.3, -0.25) is 0 Å². The van der Waals surface area contributed by atoms with Gasteiger partial charge in [0.1, 0.15) is 6.26 Å². The first-order chi connectivity index (χ1) is 13.7. The minimum Gasteiger partial charge on any atom is -0.344 e. The number of aromatic nitrogens is 1. The van der Waals surface area contributed by atoms with E-state index in [-0.39, 0.29) is 10.5 Å². The minimum atomic E-state index is 0.132. The zero-order chi connectivity index (χ0) is 18.8. The van der Waals surface area contributed by atoms with E-state index in [2.05, 4.69) is 103 Å². The summed E-state index contributed by atoms with van der Waals surface area (Å²) in [5.74, 6) is 0. The van der Waals surface area contributed by atoms with Crippen LogP contribution in [0, 0.1) is 0 Å². The van der Waals surface area contributed by atoms with Crippen molar-refractivity contribution in [1.29, 1.82) is 0 Å². The molecule has 0 aliphatic heterocycles. The molecular formula is C26H20NS+. The van der Waals surface area contributed by atoms with Gasteiger partial charge < -0.3 is 4.57 Å². The monoisotopic (exact) mass is 378 g/mol. The van der Waals surface area contributed by atoms with Gasteiger partial charge in [0.15, 0.2) is 9.40 Å². The van der Waals surface area contributed by atoms with E-state index < -0.39 is 0 Å². The zero-order valence-electron chi connectivity index (χ0n) is 15.9. The van der Waals surface area contributed by atoms with Gasteiger partial charge in [0, 0.05) is 45.7 Å². The Labute approximate surface area is 166 Å². The van der Waals surface area contributed by atoms with Crippen molar-refractivity contribution in [2.75, 3.05) is 0 Å². The van der Waals surface area contributed by atoms with Crippen LogP contribution in [0.5, 0.6) is 0 Å². The number of benzene rings is 4. The highest BCUT2D eigenvalue weighted by atomic mass is 32.2. The molecule has 1 atom stereocenters. The van der Waals surface area contributed by atoms with Crippen LogP contribution in [0.4, 0.5) is 0 Å². The summed E-state index contributed by atoms with van der Waals surface area (Å²) in [5, 5.41) is 5.48. The molecule has 0 bridgehead atoms. The van der Waals surface area contributed by atoms with E-state index in [4.69, 9.17) is 0 Å². The predicted molar refractivity (Wildman–Crippen MR) is 124 cm³/mol. The fourth-order valence-corrected chi connectivity index (χ4v) is 6.53. The number of hydrogen-bond acceptors (Lipinski definition) is 0. The van der Waals surface area contributed by atoms with E-state index >= 15 is 0 Å². The van der Waals surface area contributed by atoms with E-state index in [1.165, 1.54) is 53.1 Å². The average Bonchev–Trinajstić information content (AvgIpc) is 3.21. The Morgan fingerprint density at radius 2 is 1.36 bits per heavy atom. The van der Waals surface area contributed by atoms with Gasteiger partial charge in [-0.05, 0) is 51.9 Å². The summed E-state index contributed by atoms with van der Waals surface area (Å²) in [4.78, 5) is 0. The molecule has 2 heterocycles. The number of fused-ring (bicyclic) bond motifs is 6. The lowest BCUT2D eigenvalue weighted by molar-refractivity contribution is 1.01. The van der Waals surface area contributed by atoms with Crippen molar-refractivity contribution >= 4 is 52.4 Å². The molecule has 4 aromatic carbocycles. The summed E-state index contributed by atoms with van der Waals surface area (Å²) in [6.07, 6.45) is 2.35. The molecule has 28 heavy (non-hydrogen) atoms. The van der Waals surface area contributed by atoms with Gasteiger partial charge in [-0.2, -0.15) is 0 Å². The van der Waals surface area contributed by atoms with Crippen LogP contribution in [0.15, 0.2) is 84.9 Å². The number of hydrogen-bond donors (Lipinski definition) is 0. The molecule has 2 aromatic heterocycles. The van der Waals surface area contributed by atoms with Crippen molar-refractivity contribution in [2.45, 2.75) is 0 Å². The van der Waals surface area contributed by atoms with E-state index in [9.17, 15) is 0 Å². The summed E-state index contributed by atoms with van der Waals surface area (Å²) >= 11 is 0. The molecule has 6 rings (SSSR count). The third-order valence-electron chi connectivity index (χ3n) is 6.07. The third-order valence-corrected chi connectivity index (χ3v) is 8.08. The summed E-state index contributed by atoms with van der Waals surface area (Å²) in [7, 11) is 2.30. The molecule has 2 heteroatoms. The number of nitrogens with zero attached hydrogens (tertiary/aromatic N) is 1. The average molecular weight is 379 g/mol. The SMILES string of the molecule is Cn1c2ccccc2c2c(-c3ccc4c5ccccc5[s+](C)c4c3)cccc21. The Balaban J connectivity index is 1.72. The van der Waals surface area contributed by atoms with Crippen molar-refractivity contribution in [1.82, 2.24) is 4.57 Å². The van der Waals surface area contributed by atoms with Crippen LogP contribution in [0.25, 0.3) is 53.1 Å². The smallest absolute Gasteiger partial charge is 0.182 e. The molecule has 0 N–H and O–H groups in total. The second kappa shape index (κ2) is 5.70. The standard InChI is InChI=1S/C26H20NS/c1-27-22-11-5-3-9-21(22)26-18(10-7-12-23(26)27)17-14-15-20-19-8-4-6-13-24(19)28(2)25(20)16-17/h3-16H,1-2H3/q+1. The van der Waals surface area contributed by atoms with Crippen molar-refractivity contribution < 1.29 is 0 Å². The van der Waals surface area contributed by atoms with Crippen LogP contribution in [0.1, 0.15) is 0 Å². The van der Waals surface area contributed by atoms with Gasteiger partial charge >= 0.3 is 0 Å². The lowest BCUT2D eigenvalue weighted by Crippen LogP contribution is -1.86. The highest BCUT2D eigenvalue weighted by Crippen LogP contribution is 2.43. The van der Waals surface area contributed by atoms with Gasteiger partial charge in [0.2, 0.25) is 0 Å². The Morgan fingerprint density at radius 3 is 2.25 bits per heavy atom. The lowest BCUT2D eigenvalue weighted by Gasteiger charge is -2.05. The summed E-state index contributed by atoms with van der Waals surface area (Å²) in [5.41, 5.74) is 5.21. The highest BCUT2D eigenvalue weighted by Gasteiger charge is 2.19. The maximum Gasteiger partial charge on any atom is 0.182 e. The van der Waals surface area contributed by atoms with Gasteiger partial charge in [0.25, 0.3) is 0 Å². The van der Waals surface area contributed by atoms with Crippen molar-refractivity contribution in [2.24, 2.45) is 13.3 Å². The number of thiophene rings is 1. The van der Waals surface area contributed by atoms with E-state index in [0.717, 1.165) is 0 Å². The molecule has 1 nitrogen and oxygen atoms in total. The van der Waals surface area contributed by atoms with E-state index in [1.807, 2.05) is 0 Å². The Hall–Kier alpha value is -3.10. The molecule has 0 aliphatic rings. The molecule has 0 aliphatic carbocycles. The third kappa shape index (κ3) is 2.01. The first kappa shape index (κ1) is 15.9. The largest absolute Gasteiger partial charge is 0.344 e. The molecule has 0 spiro atoms. The first-order valence-corrected chi connectivity index (χ1v) is 11.2. The van der Waals surface area contributed by atoms with E-state index in [0.29, 0.717) is 0 Å².